The molecule has 0 fully saturated rings. The molecule has 0 aromatic carbocycles. The highest BCUT2D eigenvalue weighted by molar-refractivity contribution is 7.81. The average Bonchev–Trinajstić information content (AvgIpc) is 3.19. The van der Waals surface area contributed by atoms with E-state index in [1.807, 2.05) is 0 Å². The SMILES string of the molecule is CC1=C(/C=C/C(C)=C/C=C/C(C)=C/C=C/C=C(C)/C=C/C=C(C)/C=C/C2=C(C)CC(OC(=O)CCCCC(S)CCS)CC2(C)C)C(C)(C)CC(OC(=O)CCCCC(S)CCS)C1. The van der Waals surface area contributed by atoms with Crippen molar-refractivity contribution in [2.45, 2.75) is 182 Å². The Hall–Kier alpha value is -2.52. The lowest BCUT2D eigenvalue weighted by atomic mass is 9.71. The molecule has 2 rings (SSSR count). The molecule has 8 heteroatoms. The Bertz CT molecular complexity index is 1710. The molecule has 0 spiro atoms. The summed E-state index contributed by atoms with van der Waals surface area (Å²) in [4.78, 5) is 25.2. The van der Waals surface area contributed by atoms with Gasteiger partial charge in [0.2, 0.25) is 0 Å². The summed E-state index contributed by atoms with van der Waals surface area (Å²) < 4.78 is 11.9. The predicted octanol–water partition coefficient (Wildman–Crippen LogP) is 16.0. The highest BCUT2D eigenvalue weighted by atomic mass is 32.1. The smallest absolute Gasteiger partial charge is 0.306 e. The van der Waals surface area contributed by atoms with Crippen LogP contribution in [-0.2, 0) is 19.1 Å². The fraction of sp³-hybridized carbons (Fsp3) is 0.571. The molecule has 0 saturated carbocycles. The molecule has 0 radical (unpaired) electrons. The Morgan fingerprint density at radius 1 is 0.562 bits per heavy atom. The van der Waals surface area contributed by atoms with Crippen molar-refractivity contribution in [2.24, 2.45) is 10.8 Å². The second-order valence-electron chi connectivity index (χ2n) is 19.4. The van der Waals surface area contributed by atoms with Gasteiger partial charge in [-0.05, 0) is 126 Å². The number of carbonyl (C=O) groups is 2. The van der Waals surface area contributed by atoms with Crippen molar-refractivity contribution in [3.8, 4) is 0 Å². The zero-order chi connectivity index (χ0) is 47.7. The summed E-state index contributed by atoms with van der Waals surface area (Å²) in [5.41, 5.74) is 9.77. The van der Waals surface area contributed by atoms with E-state index in [2.05, 4.69) is 205 Å². The fourth-order valence-corrected chi connectivity index (χ4v) is 10.3. The first-order valence-electron chi connectivity index (χ1n) is 23.7. The van der Waals surface area contributed by atoms with Crippen molar-refractivity contribution in [1.82, 2.24) is 0 Å². The number of ether oxygens (including phenoxy) is 2. The molecule has 0 aromatic rings. The maximum Gasteiger partial charge on any atom is 0.306 e. The number of allylic oxidation sites excluding steroid dienone is 20. The Morgan fingerprint density at radius 2 is 0.906 bits per heavy atom. The molecule has 4 nitrogen and oxygen atoms in total. The van der Waals surface area contributed by atoms with Crippen LogP contribution in [0.4, 0.5) is 0 Å². The van der Waals surface area contributed by atoms with Crippen LogP contribution in [0, 0.1) is 10.8 Å². The van der Waals surface area contributed by atoms with Gasteiger partial charge in [-0.25, -0.2) is 0 Å². The lowest BCUT2D eigenvalue weighted by molar-refractivity contribution is -0.151. The summed E-state index contributed by atoms with van der Waals surface area (Å²) >= 11 is 17.7. The highest BCUT2D eigenvalue weighted by Crippen LogP contribution is 2.43. The van der Waals surface area contributed by atoms with E-state index in [-0.39, 0.29) is 35.0 Å². The second kappa shape index (κ2) is 30.7. The van der Waals surface area contributed by atoms with E-state index in [1.54, 1.807) is 0 Å². The van der Waals surface area contributed by atoms with Gasteiger partial charge in [-0.1, -0.05) is 159 Å². The van der Waals surface area contributed by atoms with Crippen LogP contribution in [0.3, 0.4) is 0 Å². The average molecular weight is 950 g/mol. The maximum absolute atomic E-state index is 12.6. The van der Waals surface area contributed by atoms with Crippen molar-refractivity contribution in [1.29, 1.82) is 0 Å². The zero-order valence-electron chi connectivity index (χ0n) is 41.1. The van der Waals surface area contributed by atoms with E-state index in [0.29, 0.717) is 23.3 Å². The number of rotatable bonds is 26. The van der Waals surface area contributed by atoms with Crippen molar-refractivity contribution < 1.29 is 19.1 Å². The summed E-state index contributed by atoms with van der Waals surface area (Å²) in [5, 5.41) is 0.720. The Balaban J connectivity index is 1.85. The lowest BCUT2D eigenvalue weighted by Gasteiger charge is -2.37. The number of esters is 2. The molecule has 0 heterocycles. The normalized spacial score (nSPS) is 21.3. The van der Waals surface area contributed by atoms with Crippen molar-refractivity contribution in [3.63, 3.8) is 0 Å². The van der Waals surface area contributed by atoms with Gasteiger partial charge in [0.15, 0.2) is 0 Å². The third-order valence-electron chi connectivity index (χ3n) is 12.1. The molecule has 0 N–H and O–H groups in total. The van der Waals surface area contributed by atoms with Crippen LogP contribution in [-0.4, -0.2) is 46.2 Å². The first kappa shape index (κ1) is 57.6. The van der Waals surface area contributed by atoms with Crippen LogP contribution in [0.25, 0.3) is 0 Å². The van der Waals surface area contributed by atoms with Crippen molar-refractivity contribution >= 4 is 62.5 Å². The first-order valence-corrected chi connectivity index (χ1v) is 26.0. The molecule has 0 aliphatic heterocycles. The zero-order valence-corrected chi connectivity index (χ0v) is 44.7. The van der Waals surface area contributed by atoms with Gasteiger partial charge in [0.1, 0.15) is 12.2 Å². The Morgan fingerprint density at radius 3 is 1.25 bits per heavy atom. The monoisotopic (exact) mass is 949 g/mol. The highest BCUT2D eigenvalue weighted by Gasteiger charge is 2.35. The number of thiol groups is 4. The largest absolute Gasteiger partial charge is 0.462 e. The van der Waals surface area contributed by atoms with E-state index < -0.39 is 0 Å². The molecule has 2 aliphatic rings. The fourth-order valence-electron chi connectivity index (χ4n) is 8.61. The molecular formula is C56H84O4S4. The molecule has 64 heavy (non-hydrogen) atoms. The topological polar surface area (TPSA) is 52.6 Å². The van der Waals surface area contributed by atoms with Crippen LogP contribution in [0.1, 0.15) is 159 Å². The number of carbonyl (C=O) groups excluding carboxylic acids is 2. The standard InChI is InChI=1S/C56H84O4S4/c1-41(21-17-23-43(3)29-31-51-45(5)37-47(39-55(51,7)8)59-53(57)27-15-13-25-49(63)33-35-61)19-11-12-20-42(2)22-18-24-44(4)30-32-52-46(6)38-48(40-56(52,9)10)60-54(58)28-16-14-26-50(64)34-36-62/h11-12,17-24,29-32,47-50,61-64H,13-16,25-28,33-40H2,1-10H3/b12-11+,21-17+,22-18+,31-29+,32-30+,41-19+,42-20+,43-23+,44-24+. The third kappa shape index (κ3) is 23.8. The van der Waals surface area contributed by atoms with E-state index in [9.17, 15) is 9.59 Å². The molecule has 2 aliphatic carbocycles. The second-order valence-corrected chi connectivity index (χ2v) is 21.8. The van der Waals surface area contributed by atoms with Gasteiger partial charge < -0.3 is 9.47 Å². The first-order chi connectivity index (χ1) is 30.3. The molecular weight excluding hydrogens is 865 g/mol. The van der Waals surface area contributed by atoms with Gasteiger partial charge in [-0.3, -0.25) is 9.59 Å². The molecule has 356 valence electrons. The van der Waals surface area contributed by atoms with Gasteiger partial charge in [0.05, 0.1) is 0 Å². The third-order valence-corrected chi connectivity index (χ3v) is 13.6. The van der Waals surface area contributed by atoms with Gasteiger partial charge in [0, 0.05) is 36.2 Å². The summed E-state index contributed by atoms with van der Waals surface area (Å²) in [7, 11) is 0. The number of hydrogen-bond acceptors (Lipinski definition) is 8. The van der Waals surface area contributed by atoms with E-state index >= 15 is 0 Å². The van der Waals surface area contributed by atoms with Crippen LogP contribution >= 0.6 is 50.5 Å². The predicted molar refractivity (Wildman–Crippen MR) is 291 cm³/mol. The lowest BCUT2D eigenvalue weighted by Crippen LogP contribution is -2.31. The Kier molecular flexibility index (Phi) is 27.6. The van der Waals surface area contributed by atoms with Crippen molar-refractivity contribution in [2.75, 3.05) is 11.5 Å². The van der Waals surface area contributed by atoms with Crippen LogP contribution in [0.15, 0.2) is 130 Å². The van der Waals surface area contributed by atoms with Gasteiger partial charge in [-0.2, -0.15) is 50.5 Å². The van der Waals surface area contributed by atoms with E-state index in [0.717, 1.165) is 88.6 Å². The summed E-state index contributed by atoms with van der Waals surface area (Å²) in [6.45, 7) is 21.8. The minimum Gasteiger partial charge on any atom is -0.462 e. The van der Waals surface area contributed by atoms with E-state index in [4.69, 9.17) is 9.47 Å². The van der Waals surface area contributed by atoms with Crippen molar-refractivity contribution in [3.05, 3.63) is 130 Å². The van der Waals surface area contributed by atoms with Crippen LogP contribution in [0.5, 0.6) is 0 Å². The summed E-state index contributed by atoms with van der Waals surface area (Å²) in [5.74, 6) is 1.53. The molecule has 4 unspecified atom stereocenters. The molecule has 0 amide bonds. The quantitative estimate of drug-likeness (QED) is 0.0302. The van der Waals surface area contributed by atoms with Crippen LogP contribution in [0.2, 0.25) is 0 Å². The molecule has 0 saturated heterocycles. The summed E-state index contributed by atoms with van der Waals surface area (Å²) in [6.07, 6.45) is 41.7. The maximum atomic E-state index is 12.6. The van der Waals surface area contributed by atoms with Gasteiger partial charge in [0.25, 0.3) is 0 Å². The number of hydrogen-bond donors (Lipinski definition) is 4. The molecule has 0 aromatic heterocycles. The molecule has 4 atom stereocenters. The Labute approximate surface area is 412 Å². The summed E-state index contributed by atoms with van der Waals surface area (Å²) in [6, 6.07) is 0. The van der Waals surface area contributed by atoms with Crippen LogP contribution < -0.4 is 0 Å². The van der Waals surface area contributed by atoms with E-state index in [1.165, 1.54) is 44.6 Å². The van der Waals surface area contributed by atoms with Gasteiger partial charge in [-0.15, -0.1) is 0 Å². The molecule has 0 bridgehead atoms. The number of unbranched alkanes of at least 4 members (excludes halogenated alkanes) is 2. The minimum absolute atomic E-state index is 0.0684. The minimum atomic E-state index is -0.0817. The van der Waals surface area contributed by atoms with Gasteiger partial charge >= 0.3 is 11.9 Å².